The van der Waals surface area contributed by atoms with E-state index in [2.05, 4.69) is 29.0 Å². The van der Waals surface area contributed by atoms with Crippen LogP contribution < -0.4 is 5.32 Å². The van der Waals surface area contributed by atoms with Gasteiger partial charge in [-0.2, -0.15) is 0 Å². The van der Waals surface area contributed by atoms with Gasteiger partial charge in [-0.1, -0.05) is 13.8 Å². The number of likely N-dealkylation sites (tertiary alicyclic amines) is 1. The van der Waals surface area contributed by atoms with Gasteiger partial charge in [-0.15, -0.1) is 0 Å². The summed E-state index contributed by atoms with van der Waals surface area (Å²) in [5.41, 5.74) is 0. The molecule has 1 aliphatic heterocycles. The predicted octanol–water partition coefficient (Wildman–Crippen LogP) is 1.61. The fourth-order valence-corrected chi connectivity index (χ4v) is 3.27. The zero-order valence-electron chi connectivity index (χ0n) is 12.5. The van der Waals surface area contributed by atoms with E-state index in [9.17, 15) is 4.79 Å². The lowest BCUT2D eigenvalue weighted by molar-refractivity contribution is -0.139. The minimum Gasteiger partial charge on any atom is -0.336 e. The molecule has 1 amide bonds. The van der Waals surface area contributed by atoms with Crippen molar-refractivity contribution in [3.8, 4) is 0 Å². The van der Waals surface area contributed by atoms with E-state index in [-0.39, 0.29) is 6.04 Å². The van der Waals surface area contributed by atoms with Gasteiger partial charge in [0.15, 0.2) is 0 Å². The molecule has 110 valence electrons. The van der Waals surface area contributed by atoms with Gasteiger partial charge in [0, 0.05) is 44.0 Å². The summed E-state index contributed by atoms with van der Waals surface area (Å²) in [5.74, 6) is 1.30. The van der Waals surface area contributed by atoms with Crippen molar-refractivity contribution in [2.75, 3.05) is 0 Å². The number of imidazole rings is 1. The first-order valence-electron chi connectivity index (χ1n) is 7.62. The van der Waals surface area contributed by atoms with Crippen LogP contribution in [0.2, 0.25) is 0 Å². The molecule has 20 heavy (non-hydrogen) atoms. The summed E-state index contributed by atoms with van der Waals surface area (Å²) in [6.45, 7) is 4.32. The second kappa shape index (κ2) is 5.20. The molecule has 3 rings (SSSR count). The maximum Gasteiger partial charge on any atom is 0.223 e. The van der Waals surface area contributed by atoms with E-state index in [1.54, 1.807) is 0 Å². The molecular weight excluding hydrogens is 252 g/mol. The molecule has 5 nitrogen and oxygen atoms in total. The number of amides is 1. The number of piperidine rings is 1. The Morgan fingerprint density at radius 3 is 2.65 bits per heavy atom. The van der Waals surface area contributed by atoms with Crippen molar-refractivity contribution in [2.45, 2.75) is 63.7 Å². The molecular formula is C15H24N4O. The maximum atomic E-state index is 12.4. The van der Waals surface area contributed by atoms with Crippen molar-refractivity contribution in [3.05, 3.63) is 18.2 Å². The van der Waals surface area contributed by atoms with Crippen LogP contribution in [0.25, 0.3) is 0 Å². The Morgan fingerprint density at radius 1 is 1.35 bits per heavy atom. The smallest absolute Gasteiger partial charge is 0.223 e. The second-order valence-corrected chi connectivity index (χ2v) is 6.34. The van der Waals surface area contributed by atoms with Crippen molar-refractivity contribution < 1.29 is 4.79 Å². The van der Waals surface area contributed by atoms with Crippen molar-refractivity contribution in [2.24, 2.45) is 7.05 Å². The van der Waals surface area contributed by atoms with Gasteiger partial charge in [0.2, 0.25) is 5.91 Å². The summed E-state index contributed by atoms with van der Waals surface area (Å²) < 4.78 is 2.05. The molecule has 0 spiro atoms. The molecule has 0 radical (unpaired) electrons. The van der Waals surface area contributed by atoms with Crippen LogP contribution >= 0.6 is 0 Å². The molecule has 1 aliphatic carbocycles. The lowest BCUT2D eigenvalue weighted by Gasteiger charge is -2.42. The molecule has 1 aromatic rings. The van der Waals surface area contributed by atoms with E-state index in [4.69, 9.17) is 0 Å². The molecule has 2 heterocycles. The highest BCUT2D eigenvalue weighted by Gasteiger charge is 2.45. The van der Waals surface area contributed by atoms with Gasteiger partial charge in [-0.25, -0.2) is 4.98 Å². The van der Waals surface area contributed by atoms with Crippen LogP contribution in [0.3, 0.4) is 0 Å². The Labute approximate surface area is 120 Å². The van der Waals surface area contributed by atoms with Gasteiger partial charge in [-0.05, 0) is 19.3 Å². The monoisotopic (exact) mass is 276 g/mol. The van der Waals surface area contributed by atoms with Crippen molar-refractivity contribution in [1.82, 2.24) is 19.8 Å². The number of hydrogen-bond acceptors (Lipinski definition) is 3. The number of carbonyl (C=O) groups excluding carboxylic acids is 1. The Hall–Kier alpha value is -1.36. The number of aryl methyl sites for hydroxylation is 1. The highest BCUT2D eigenvalue weighted by Crippen LogP contribution is 2.40. The van der Waals surface area contributed by atoms with Crippen LogP contribution in [0.15, 0.2) is 12.4 Å². The highest BCUT2D eigenvalue weighted by molar-refractivity contribution is 5.78. The molecule has 2 fully saturated rings. The summed E-state index contributed by atoms with van der Waals surface area (Å²) in [6, 6.07) is 1.22. The van der Waals surface area contributed by atoms with Gasteiger partial charge < -0.3 is 14.8 Å². The minimum absolute atomic E-state index is 0.0751. The highest BCUT2D eigenvalue weighted by atomic mass is 16.2. The molecule has 0 aromatic carbocycles. The third-order valence-corrected chi connectivity index (χ3v) is 4.25. The normalized spacial score (nSPS) is 27.4. The summed E-state index contributed by atoms with van der Waals surface area (Å²) in [7, 11) is 2.01. The van der Waals surface area contributed by atoms with Crippen LogP contribution in [0.1, 0.15) is 51.4 Å². The zero-order chi connectivity index (χ0) is 14.3. The average Bonchev–Trinajstić information content (AvgIpc) is 3.13. The Kier molecular flexibility index (Phi) is 3.54. The van der Waals surface area contributed by atoms with E-state index in [0.717, 1.165) is 25.1 Å². The molecule has 2 atom stereocenters. The molecule has 1 N–H and O–H groups in total. The fourth-order valence-electron chi connectivity index (χ4n) is 3.27. The third-order valence-electron chi connectivity index (χ3n) is 4.25. The molecule has 0 bridgehead atoms. The summed E-state index contributed by atoms with van der Waals surface area (Å²) in [4.78, 5) is 19.0. The second-order valence-electron chi connectivity index (χ2n) is 6.34. The number of rotatable bonds is 4. The quantitative estimate of drug-likeness (QED) is 0.909. The number of carbonyl (C=O) groups is 1. The van der Waals surface area contributed by atoms with E-state index in [0.29, 0.717) is 30.5 Å². The van der Waals surface area contributed by atoms with E-state index in [1.165, 1.54) is 0 Å². The Morgan fingerprint density at radius 2 is 2.10 bits per heavy atom. The molecule has 1 saturated carbocycles. The number of nitrogens with one attached hydrogen (secondary N) is 1. The van der Waals surface area contributed by atoms with E-state index < -0.39 is 0 Å². The Bertz CT molecular complexity index is 492. The minimum atomic E-state index is 0.0751. The van der Waals surface area contributed by atoms with Crippen LogP contribution in [-0.4, -0.2) is 38.5 Å². The fraction of sp³-hybridized carbons (Fsp3) is 0.733. The molecule has 1 saturated heterocycles. The van der Waals surface area contributed by atoms with Crippen LogP contribution in [0.4, 0.5) is 0 Å². The van der Waals surface area contributed by atoms with E-state index in [1.807, 2.05) is 24.0 Å². The van der Waals surface area contributed by atoms with Crippen molar-refractivity contribution in [3.63, 3.8) is 0 Å². The lowest BCUT2D eigenvalue weighted by Crippen LogP contribution is -2.53. The van der Waals surface area contributed by atoms with Crippen molar-refractivity contribution in [1.29, 1.82) is 0 Å². The first-order chi connectivity index (χ1) is 9.58. The molecule has 2 aliphatic rings. The molecule has 1 aromatic heterocycles. The predicted molar refractivity (Wildman–Crippen MR) is 77.1 cm³/mol. The summed E-state index contributed by atoms with van der Waals surface area (Å²) in [5, 5.41) is 3.63. The average molecular weight is 276 g/mol. The molecule has 5 heteroatoms. The first kappa shape index (κ1) is 13.6. The van der Waals surface area contributed by atoms with Crippen LogP contribution in [0.5, 0.6) is 0 Å². The van der Waals surface area contributed by atoms with Gasteiger partial charge >= 0.3 is 0 Å². The van der Waals surface area contributed by atoms with Crippen molar-refractivity contribution >= 4 is 5.91 Å². The summed E-state index contributed by atoms with van der Waals surface area (Å²) >= 11 is 0. The number of nitrogens with zero attached hydrogens (tertiary/aromatic N) is 3. The van der Waals surface area contributed by atoms with Gasteiger partial charge in [0.1, 0.15) is 11.9 Å². The Balaban J connectivity index is 1.94. The maximum absolute atomic E-state index is 12.4. The standard InChI is InChI=1S/C15H24N4O/c1-10(2)17-12-6-7-13(20)19(11-4-5-11)14(12)15-16-8-9-18(15)3/h8-12,14,17H,4-7H2,1-3H3/t12-,14-/m1/s1. The molecule has 0 unspecified atom stereocenters. The largest absolute Gasteiger partial charge is 0.336 e. The topological polar surface area (TPSA) is 50.2 Å². The lowest BCUT2D eigenvalue weighted by atomic mass is 9.93. The van der Waals surface area contributed by atoms with Crippen LogP contribution in [-0.2, 0) is 11.8 Å². The van der Waals surface area contributed by atoms with Crippen LogP contribution in [0, 0.1) is 0 Å². The number of hydrogen-bond donors (Lipinski definition) is 1. The van der Waals surface area contributed by atoms with Gasteiger partial charge in [0.25, 0.3) is 0 Å². The van der Waals surface area contributed by atoms with E-state index >= 15 is 0 Å². The first-order valence-corrected chi connectivity index (χ1v) is 7.62. The van der Waals surface area contributed by atoms with Gasteiger partial charge in [-0.3, -0.25) is 4.79 Å². The zero-order valence-corrected chi connectivity index (χ0v) is 12.5. The number of aromatic nitrogens is 2. The SMILES string of the molecule is CC(C)N[C@@H]1CCC(=O)N(C2CC2)[C@H]1c1nccn1C. The summed E-state index contributed by atoms with van der Waals surface area (Å²) in [6.07, 6.45) is 7.62. The third kappa shape index (κ3) is 2.46. The van der Waals surface area contributed by atoms with Gasteiger partial charge in [0.05, 0.1) is 0 Å².